The molecule has 0 spiro atoms. The van der Waals surface area contributed by atoms with E-state index in [4.69, 9.17) is 16.3 Å². The number of hydrogen-bond donors (Lipinski definition) is 1. The molecule has 0 saturated heterocycles. The molecule has 2 rings (SSSR count). The lowest BCUT2D eigenvalue weighted by Gasteiger charge is -2.13. The number of anilines is 1. The first-order chi connectivity index (χ1) is 9.85. The zero-order valence-corrected chi connectivity index (χ0v) is 14.5. The van der Waals surface area contributed by atoms with Crippen molar-refractivity contribution in [2.24, 2.45) is 0 Å². The van der Waals surface area contributed by atoms with Crippen LogP contribution in [0.5, 0.6) is 5.75 Å². The molecule has 7 heteroatoms. The van der Waals surface area contributed by atoms with Crippen LogP contribution in [0.15, 0.2) is 45.8 Å². The first-order valence-corrected chi connectivity index (χ1v) is 8.62. The van der Waals surface area contributed by atoms with Crippen molar-refractivity contribution in [3.8, 4) is 5.75 Å². The fourth-order valence-electron chi connectivity index (χ4n) is 1.70. The third kappa shape index (κ3) is 3.51. The van der Waals surface area contributed by atoms with Crippen LogP contribution in [0.2, 0.25) is 5.02 Å². The van der Waals surface area contributed by atoms with Gasteiger partial charge in [-0.05, 0) is 47.1 Å². The highest BCUT2D eigenvalue weighted by Gasteiger charge is 2.19. The number of hydrogen-bond acceptors (Lipinski definition) is 3. The van der Waals surface area contributed by atoms with Gasteiger partial charge in [0.15, 0.2) is 0 Å². The highest BCUT2D eigenvalue weighted by atomic mass is 79.9. The standard InChI is InChI=1S/C14H13BrClNO3S/c1-9-3-5-10(6-4-9)21(18,19)17-14-11(16)7-8-12(20-2)13(14)15/h3-8,17H,1-2H3. The zero-order valence-electron chi connectivity index (χ0n) is 11.4. The lowest BCUT2D eigenvalue weighted by atomic mass is 10.2. The van der Waals surface area contributed by atoms with Crippen LogP contribution >= 0.6 is 27.5 Å². The molecule has 0 atom stereocenters. The van der Waals surface area contributed by atoms with Crippen molar-refractivity contribution < 1.29 is 13.2 Å². The van der Waals surface area contributed by atoms with Gasteiger partial charge in [0.05, 0.1) is 27.2 Å². The van der Waals surface area contributed by atoms with Gasteiger partial charge in [0.2, 0.25) is 0 Å². The fraction of sp³-hybridized carbons (Fsp3) is 0.143. The summed E-state index contributed by atoms with van der Waals surface area (Å²) in [6.07, 6.45) is 0. The van der Waals surface area contributed by atoms with Crippen molar-refractivity contribution in [2.45, 2.75) is 11.8 Å². The molecule has 0 aliphatic rings. The Labute approximate surface area is 137 Å². The number of sulfonamides is 1. The quantitative estimate of drug-likeness (QED) is 0.850. The lowest BCUT2D eigenvalue weighted by molar-refractivity contribution is 0.412. The molecule has 4 nitrogen and oxygen atoms in total. The van der Waals surface area contributed by atoms with Gasteiger partial charge in [-0.15, -0.1) is 0 Å². The Kier molecular flexibility index (Phi) is 4.81. The van der Waals surface area contributed by atoms with Gasteiger partial charge in [-0.2, -0.15) is 0 Å². The maximum Gasteiger partial charge on any atom is 0.261 e. The van der Waals surface area contributed by atoms with Crippen molar-refractivity contribution in [3.05, 3.63) is 51.5 Å². The smallest absolute Gasteiger partial charge is 0.261 e. The summed E-state index contributed by atoms with van der Waals surface area (Å²) in [5.41, 5.74) is 1.23. The molecule has 0 heterocycles. The predicted octanol–water partition coefficient (Wildman–Crippen LogP) is 4.22. The first kappa shape index (κ1) is 16.1. The average Bonchev–Trinajstić information content (AvgIpc) is 2.44. The third-order valence-electron chi connectivity index (χ3n) is 2.84. The molecule has 2 aromatic carbocycles. The molecule has 0 aliphatic carbocycles. The van der Waals surface area contributed by atoms with E-state index in [9.17, 15) is 8.42 Å². The number of benzene rings is 2. The Morgan fingerprint density at radius 2 is 1.76 bits per heavy atom. The Balaban J connectivity index is 2.44. The highest BCUT2D eigenvalue weighted by Crippen LogP contribution is 2.38. The summed E-state index contributed by atoms with van der Waals surface area (Å²) in [5, 5.41) is 0.276. The minimum Gasteiger partial charge on any atom is -0.495 e. The van der Waals surface area contributed by atoms with Crippen LogP contribution in [0.4, 0.5) is 5.69 Å². The van der Waals surface area contributed by atoms with E-state index in [0.29, 0.717) is 10.2 Å². The molecule has 0 saturated carbocycles. The molecule has 0 amide bonds. The van der Waals surface area contributed by atoms with E-state index in [1.165, 1.54) is 7.11 Å². The Bertz CT molecular complexity index is 761. The second-order valence-corrected chi connectivity index (χ2v) is 7.24. The van der Waals surface area contributed by atoms with Crippen LogP contribution in [0, 0.1) is 6.92 Å². The molecular formula is C14H13BrClNO3S. The van der Waals surface area contributed by atoms with Crippen LogP contribution in [0.3, 0.4) is 0 Å². The molecule has 1 N–H and O–H groups in total. The van der Waals surface area contributed by atoms with E-state index in [2.05, 4.69) is 20.7 Å². The largest absolute Gasteiger partial charge is 0.495 e. The monoisotopic (exact) mass is 389 g/mol. The number of aryl methyl sites for hydroxylation is 1. The molecule has 0 bridgehead atoms. The molecule has 112 valence electrons. The molecule has 0 fully saturated rings. The van der Waals surface area contributed by atoms with Gasteiger partial charge in [-0.1, -0.05) is 29.3 Å². The van der Waals surface area contributed by atoms with Gasteiger partial charge >= 0.3 is 0 Å². The number of nitrogens with one attached hydrogen (secondary N) is 1. The van der Waals surface area contributed by atoms with Crippen molar-refractivity contribution in [3.63, 3.8) is 0 Å². The fourth-order valence-corrected chi connectivity index (χ4v) is 3.90. The molecule has 0 aliphatic heterocycles. The van der Waals surface area contributed by atoms with E-state index >= 15 is 0 Å². The van der Waals surface area contributed by atoms with E-state index in [1.807, 2.05) is 6.92 Å². The summed E-state index contributed by atoms with van der Waals surface area (Å²) in [5.74, 6) is 0.487. The van der Waals surface area contributed by atoms with Crippen molar-refractivity contribution >= 4 is 43.2 Å². The average molecular weight is 391 g/mol. The Morgan fingerprint density at radius 1 is 1.14 bits per heavy atom. The normalized spacial score (nSPS) is 11.2. The maximum atomic E-state index is 12.4. The van der Waals surface area contributed by atoms with Crippen LogP contribution in [0.1, 0.15) is 5.56 Å². The van der Waals surface area contributed by atoms with Crippen molar-refractivity contribution in [1.82, 2.24) is 0 Å². The zero-order chi connectivity index (χ0) is 15.6. The first-order valence-electron chi connectivity index (χ1n) is 5.96. The molecule has 2 aromatic rings. The summed E-state index contributed by atoms with van der Waals surface area (Å²) in [4.78, 5) is 0.166. The third-order valence-corrected chi connectivity index (χ3v) is 5.31. The summed E-state index contributed by atoms with van der Waals surface area (Å²) < 4.78 is 32.8. The van der Waals surface area contributed by atoms with Crippen LogP contribution in [-0.4, -0.2) is 15.5 Å². The number of halogens is 2. The Hall–Kier alpha value is -1.24. The highest BCUT2D eigenvalue weighted by molar-refractivity contribution is 9.10. The summed E-state index contributed by atoms with van der Waals surface area (Å²) in [6, 6.07) is 9.76. The number of rotatable bonds is 4. The maximum absolute atomic E-state index is 12.4. The Morgan fingerprint density at radius 3 is 2.33 bits per heavy atom. The van der Waals surface area contributed by atoms with E-state index in [-0.39, 0.29) is 15.6 Å². The SMILES string of the molecule is COc1ccc(Cl)c(NS(=O)(=O)c2ccc(C)cc2)c1Br. The van der Waals surface area contributed by atoms with Crippen LogP contribution < -0.4 is 9.46 Å². The second-order valence-electron chi connectivity index (χ2n) is 4.36. The lowest BCUT2D eigenvalue weighted by Crippen LogP contribution is -2.13. The van der Waals surface area contributed by atoms with E-state index < -0.39 is 10.0 Å². The second kappa shape index (κ2) is 6.25. The summed E-state index contributed by atoms with van der Waals surface area (Å²) in [7, 11) is -2.23. The van der Waals surface area contributed by atoms with Crippen molar-refractivity contribution in [2.75, 3.05) is 11.8 Å². The van der Waals surface area contributed by atoms with Gasteiger partial charge in [-0.3, -0.25) is 4.72 Å². The minimum atomic E-state index is -3.72. The molecule has 0 unspecified atom stereocenters. The molecular weight excluding hydrogens is 378 g/mol. The minimum absolute atomic E-state index is 0.166. The van der Waals surface area contributed by atoms with Gasteiger partial charge in [-0.25, -0.2) is 8.42 Å². The topological polar surface area (TPSA) is 55.4 Å². The summed E-state index contributed by atoms with van der Waals surface area (Å²) >= 11 is 9.36. The van der Waals surface area contributed by atoms with Gasteiger partial charge in [0.1, 0.15) is 5.75 Å². The summed E-state index contributed by atoms with van der Waals surface area (Å²) in [6.45, 7) is 1.89. The van der Waals surface area contributed by atoms with Crippen molar-refractivity contribution in [1.29, 1.82) is 0 Å². The number of methoxy groups -OCH3 is 1. The number of ether oxygens (including phenoxy) is 1. The van der Waals surface area contributed by atoms with Gasteiger partial charge in [0.25, 0.3) is 10.0 Å². The van der Waals surface area contributed by atoms with E-state index in [1.54, 1.807) is 36.4 Å². The van der Waals surface area contributed by atoms with Gasteiger partial charge in [0, 0.05) is 0 Å². The predicted molar refractivity (Wildman–Crippen MR) is 87.7 cm³/mol. The molecule has 21 heavy (non-hydrogen) atoms. The molecule has 0 radical (unpaired) electrons. The molecule has 0 aromatic heterocycles. The van der Waals surface area contributed by atoms with Crippen LogP contribution in [-0.2, 0) is 10.0 Å². The van der Waals surface area contributed by atoms with Crippen LogP contribution in [0.25, 0.3) is 0 Å². The van der Waals surface area contributed by atoms with Gasteiger partial charge < -0.3 is 4.74 Å². The van der Waals surface area contributed by atoms with E-state index in [0.717, 1.165) is 5.56 Å².